The molecule has 0 fully saturated rings. The number of hydrogen-bond acceptors (Lipinski definition) is 4. The lowest BCUT2D eigenvalue weighted by atomic mass is 10.2. The quantitative estimate of drug-likeness (QED) is 0.868. The SMILES string of the molecule is Cn1c(C(=O)NCc2cccc(F)c2)nc2c1CCN(S(C)(=O)=O)C2. The number of hydrogen-bond donors (Lipinski definition) is 1. The monoisotopic (exact) mass is 366 g/mol. The van der Waals surface area contributed by atoms with E-state index in [0.29, 0.717) is 24.2 Å². The van der Waals surface area contributed by atoms with Crippen LogP contribution in [0.3, 0.4) is 0 Å². The second kappa shape index (κ2) is 6.57. The Kier molecular flexibility index (Phi) is 4.61. The third kappa shape index (κ3) is 3.72. The Morgan fingerprint density at radius 2 is 2.16 bits per heavy atom. The number of amides is 1. The van der Waals surface area contributed by atoms with Crippen molar-refractivity contribution in [3.8, 4) is 0 Å². The fourth-order valence-corrected chi connectivity index (χ4v) is 3.68. The Balaban J connectivity index is 1.75. The van der Waals surface area contributed by atoms with Crippen LogP contribution >= 0.6 is 0 Å². The maximum absolute atomic E-state index is 13.2. The van der Waals surface area contributed by atoms with E-state index in [1.807, 2.05) is 0 Å². The van der Waals surface area contributed by atoms with Gasteiger partial charge in [0.1, 0.15) is 5.82 Å². The number of nitrogens with one attached hydrogen (secondary N) is 1. The molecule has 0 radical (unpaired) electrons. The van der Waals surface area contributed by atoms with Crippen LogP contribution in [0.15, 0.2) is 24.3 Å². The number of carbonyl (C=O) groups excluding carboxylic acids is 1. The maximum Gasteiger partial charge on any atom is 0.287 e. The van der Waals surface area contributed by atoms with Crippen LogP contribution in [0.25, 0.3) is 0 Å². The minimum Gasteiger partial charge on any atom is -0.345 e. The van der Waals surface area contributed by atoms with Gasteiger partial charge in [0.25, 0.3) is 5.91 Å². The van der Waals surface area contributed by atoms with Crippen LogP contribution in [0, 0.1) is 5.82 Å². The fraction of sp³-hybridized carbons (Fsp3) is 0.375. The highest BCUT2D eigenvalue weighted by molar-refractivity contribution is 7.88. The first-order valence-corrected chi connectivity index (χ1v) is 9.63. The lowest BCUT2D eigenvalue weighted by Gasteiger charge is -2.24. The van der Waals surface area contributed by atoms with E-state index < -0.39 is 10.0 Å². The van der Waals surface area contributed by atoms with Gasteiger partial charge < -0.3 is 9.88 Å². The van der Waals surface area contributed by atoms with Gasteiger partial charge in [-0.1, -0.05) is 12.1 Å². The summed E-state index contributed by atoms with van der Waals surface area (Å²) in [5.74, 6) is -0.524. The van der Waals surface area contributed by atoms with Gasteiger partial charge >= 0.3 is 0 Å². The zero-order chi connectivity index (χ0) is 18.2. The van der Waals surface area contributed by atoms with Gasteiger partial charge in [-0.3, -0.25) is 4.79 Å². The average Bonchev–Trinajstić information content (AvgIpc) is 2.88. The van der Waals surface area contributed by atoms with E-state index in [2.05, 4.69) is 10.3 Å². The Labute approximate surface area is 145 Å². The predicted molar refractivity (Wildman–Crippen MR) is 89.7 cm³/mol. The van der Waals surface area contributed by atoms with Gasteiger partial charge in [0, 0.05) is 32.3 Å². The molecule has 1 aromatic carbocycles. The highest BCUT2D eigenvalue weighted by Gasteiger charge is 2.29. The molecule has 1 aliphatic rings. The molecule has 1 N–H and O–H groups in total. The molecule has 134 valence electrons. The highest BCUT2D eigenvalue weighted by atomic mass is 32.2. The molecule has 0 aliphatic carbocycles. The van der Waals surface area contributed by atoms with Crippen LogP contribution in [0.4, 0.5) is 4.39 Å². The fourth-order valence-electron chi connectivity index (χ4n) is 2.90. The summed E-state index contributed by atoms with van der Waals surface area (Å²) in [5, 5.41) is 2.71. The molecule has 1 aliphatic heterocycles. The van der Waals surface area contributed by atoms with Crippen LogP contribution in [0.5, 0.6) is 0 Å². The molecule has 1 aromatic heterocycles. The summed E-state index contributed by atoms with van der Waals surface area (Å²) in [4.78, 5) is 16.7. The summed E-state index contributed by atoms with van der Waals surface area (Å²) in [6.45, 7) is 0.721. The van der Waals surface area contributed by atoms with Gasteiger partial charge in [-0.2, -0.15) is 4.31 Å². The van der Waals surface area contributed by atoms with E-state index in [0.717, 1.165) is 11.9 Å². The zero-order valence-corrected chi connectivity index (χ0v) is 14.8. The van der Waals surface area contributed by atoms with Crippen molar-refractivity contribution >= 4 is 15.9 Å². The van der Waals surface area contributed by atoms with Gasteiger partial charge in [0.15, 0.2) is 5.82 Å². The highest BCUT2D eigenvalue weighted by Crippen LogP contribution is 2.21. The molecule has 0 unspecified atom stereocenters. The first-order valence-electron chi connectivity index (χ1n) is 7.78. The van der Waals surface area contributed by atoms with Crippen LogP contribution in [-0.4, -0.2) is 41.0 Å². The van der Waals surface area contributed by atoms with Crippen LogP contribution in [0.2, 0.25) is 0 Å². The van der Waals surface area contributed by atoms with E-state index in [1.165, 1.54) is 16.4 Å². The lowest BCUT2D eigenvalue weighted by molar-refractivity contribution is 0.0937. The van der Waals surface area contributed by atoms with Gasteiger partial charge in [0.05, 0.1) is 18.5 Å². The van der Waals surface area contributed by atoms with Crippen molar-refractivity contribution in [1.82, 2.24) is 19.2 Å². The van der Waals surface area contributed by atoms with Crippen LogP contribution < -0.4 is 5.32 Å². The summed E-state index contributed by atoms with van der Waals surface area (Å²) < 4.78 is 39.6. The van der Waals surface area contributed by atoms with E-state index >= 15 is 0 Å². The number of rotatable bonds is 4. The van der Waals surface area contributed by atoms with E-state index in [4.69, 9.17) is 0 Å². The van der Waals surface area contributed by atoms with Crippen molar-refractivity contribution in [1.29, 1.82) is 0 Å². The summed E-state index contributed by atoms with van der Waals surface area (Å²) in [7, 11) is -1.56. The van der Waals surface area contributed by atoms with Gasteiger partial charge in [-0.05, 0) is 17.7 Å². The summed E-state index contributed by atoms with van der Waals surface area (Å²) in [5.41, 5.74) is 2.10. The molecule has 0 saturated carbocycles. The standard InChI is InChI=1S/C16H19FN4O3S/c1-20-14-6-7-21(25(2,23)24)10-13(14)19-15(20)16(22)18-9-11-4-3-5-12(17)8-11/h3-5,8H,6-7,9-10H2,1-2H3,(H,18,22). The van der Waals surface area contributed by atoms with E-state index in [9.17, 15) is 17.6 Å². The number of benzene rings is 1. The Bertz CT molecular complexity index is 923. The first-order chi connectivity index (χ1) is 11.8. The number of sulfonamides is 1. The zero-order valence-electron chi connectivity index (χ0n) is 14.0. The molecule has 25 heavy (non-hydrogen) atoms. The molecular weight excluding hydrogens is 347 g/mol. The van der Waals surface area contributed by atoms with Gasteiger partial charge in [0.2, 0.25) is 10.0 Å². The number of nitrogens with zero attached hydrogens (tertiary/aromatic N) is 3. The third-order valence-electron chi connectivity index (χ3n) is 4.23. The molecule has 0 spiro atoms. The van der Waals surface area contributed by atoms with Gasteiger partial charge in [-0.15, -0.1) is 0 Å². The summed E-state index contributed by atoms with van der Waals surface area (Å²) >= 11 is 0. The van der Waals surface area contributed by atoms with Crippen molar-refractivity contribution < 1.29 is 17.6 Å². The van der Waals surface area contributed by atoms with Gasteiger partial charge in [-0.25, -0.2) is 17.8 Å². The molecule has 0 atom stereocenters. The molecule has 2 heterocycles. The number of halogens is 1. The molecule has 9 heteroatoms. The predicted octanol–water partition coefficient (Wildman–Crippen LogP) is 0.807. The average molecular weight is 366 g/mol. The summed E-state index contributed by atoms with van der Waals surface area (Å²) in [6.07, 6.45) is 1.66. The minimum absolute atomic E-state index is 0.166. The smallest absolute Gasteiger partial charge is 0.287 e. The van der Waals surface area contributed by atoms with Crippen molar-refractivity contribution in [2.75, 3.05) is 12.8 Å². The molecule has 1 amide bonds. The van der Waals surface area contributed by atoms with E-state index in [-0.39, 0.29) is 30.6 Å². The van der Waals surface area contributed by atoms with Crippen molar-refractivity contribution in [3.63, 3.8) is 0 Å². The summed E-state index contributed by atoms with van der Waals surface area (Å²) in [6, 6.07) is 5.99. The van der Waals surface area contributed by atoms with Crippen LogP contribution in [0.1, 0.15) is 27.6 Å². The largest absolute Gasteiger partial charge is 0.345 e. The van der Waals surface area contributed by atoms with Crippen molar-refractivity contribution in [2.24, 2.45) is 7.05 Å². The topological polar surface area (TPSA) is 84.3 Å². The second-order valence-electron chi connectivity index (χ2n) is 6.05. The lowest BCUT2D eigenvalue weighted by Crippen LogP contribution is -2.35. The van der Waals surface area contributed by atoms with Crippen molar-refractivity contribution in [3.05, 3.63) is 52.9 Å². The number of imidazole rings is 1. The maximum atomic E-state index is 13.2. The second-order valence-corrected chi connectivity index (χ2v) is 8.03. The minimum atomic E-state index is -3.29. The number of carbonyl (C=O) groups is 1. The Hall–Kier alpha value is -2.26. The number of fused-ring (bicyclic) bond motifs is 1. The third-order valence-corrected chi connectivity index (χ3v) is 5.48. The Morgan fingerprint density at radius 1 is 1.40 bits per heavy atom. The number of aromatic nitrogens is 2. The van der Waals surface area contributed by atoms with E-state index in [1.54, 1.807) is 23.7 Å². The Morgan fingerprint density at radius 3 is 2.84 bits per heavy atom. The molecule has 2 aromatic rings. The first kappa shape index (κ1) is 17.6. The molecule has 0 saturated heterocycles. The molecular formula is C16H19FN4O3S. The molecule has 0 bridgehead atoms. The van der Waals surface area contributed by atoms with Crippen molar-refractivity contribution in [2.45, 2.75) is 19.5 Å². The molecule has 3 rings (SSSR count). The van der Waals surface area contributed by atoms with Crippen LogP contribution in [-0.2, 0) is 36.6 Å². The molecule has 7 nitrogen and oxygen atoms in total. The normalized spacial score (nSPS) is 15.0.